The molecule has 1 atom stereocenters. The first-order chi connectivity index (χ1) is 14.2. The Morgan fingerprint density at radius 3 is 2.66 bits per heavy atom. The molecule has 4 rings (SSSR count). The number of aromatic nitrogens is 2. The van der Waals surface area contributed by atoms with Crippen LogP contribution in [0.25, 0.3) is 0 Å². The summed E-state index contributed by atoms with van der Waals surface area (Å²) in [6.45, 7) is 4.19. The lowest BCUT2D eigenvalue weighted by Gasteiger charge is -2.38. The predicted molar refractivity (Wildman–Crippen MR) is 113 cm³/mol. The standard InChI is InChI=1S/C23H32N4O2/c1-25-22(9-10-24-25)23(28)27(12-13-29-2)17-18-6-5-11-26(16-18)21-14-19-7-3-4-8-20(19)15-21/h3-4,7-10,18,21H,5-6,11-17H2,1-2H3/t18-/m0/s1. The number of carbonyl (C=O) groups is 1. The molecule has 1 aromatic carbocycles. The summed E-state index contributed by atoms with van der Waals surface area (Å²) in [4.78, 5) is 17.7. The molecule has 6 nitrogen and oxygen atoms in total. The third-order valence-electron chi connectivity index (χ3n) is 6.47. The topological polar surface area (TPSA) is 50.6 Å². The van der Waals surface area contributed by atoms with E-state index in [0.29, 0.717) is 30.8 Å². The molecule has 29 heavy (non-hydrogen) atoms. The van der Waals surface area contributed by atoms with Crippen molar-refractivity contribution in [3.05, 3.63) is 53.3 Å². The van der Waals surface area contributed by atoms with Gasteiger partial charge in [-0.2, -0.15) is 5.10 Å². The van der Waals surface area contributed by atoms with E-state index in [1.54, 1.807) is 24.1 Å². The van der Waals surface area contributed by atoms with Gasteiger partial charge < -0.3 is 9.64 Å². The molecule has 6 heteroatoms. The second kappa shape index (κ2) is 9.09. The number of fused-ring (bicyclic) bond motifs is 1. The first kappa shape index (κ1) is 20.1. The van der Waals surface area contributed by atoms with E-state index in [0.717, 1.165) is 25.9 Å². The quantitative estimate of drug-likeness (QED) is 0.721. The lowest BCUT2D eigenvalue weighted by Crippen LogP contribution is -2.47. The van der Waals surface area contributed by atoms with E-state index in [4.69, 9.17) is 4.74 Å². The van der Waals surface area contributed by atoms with Gasteiger partial charge >= 0.3 is 0 Å². The summed E-state index contributed by atoms with van der Waals surface area (Å²) in [5.74, 6) is 0.550. The molecule has 0 radical (unpaired) electrons. The Morgan fingerprint density at radius 1 is 1.24 bits per heavy atom. The summed E-state index contributed by atoms with van der Waals surface area (Å²) in [7, 11) is 3.51. The highest BCUT2D eigenvalue weighted by Crippen LogP contribution is 2.29. The van der Waals surface area contributed by atoms with Crippen molar-refractivity contribution in [3.8, 4) is 0 Å². The highest BCUT2D eigenvalue weighted by Gasteiger charge is 2.32. The van der Waals surface area contributed by atoms with Gasteiger partial charge in [-0.3, -0.25) is 14.4 Å². The summed E-state index contributed by atoms with van der Waals surface area (Å²) in [6, 6.07) is 11.3. The van der Waals surface area contributed by atoms with E-state index in [2.05, 4.69) is 34.3 Å². The minimum Gasteiger partial charge on any atom is -0.383 e. The van der Waals surface area contributed by atoms with Crippen molar-refractivity contribution in [2.24, 2.45) is 13.0 Å². The van der Waals surface area contributed by atoms with Crippen molar-refractivity contribution in [1.82, 2.24) is 19.6 Å². The SMILES string of the molecule is COCCN(C[C@H]1CCCN(C2Cc3ccccc3C2)C1)C(=O)c1ccnn1C. The molecular weight excluding hydrogens is 364 g/mol. The summed E-state index contributed by atoms with van der Waals surface area (Å²) in [6.07, 6.45) is 6.38. The van der Waals surface area contributed by atoms with Gasteiger partial charge in [-0.15, -0.1) is 0 Å². The zero-order valence-corrected chi connectivity index (χ0v) is 17.6. The van der Waals surface area contributed by atoms with E-state index >= 15 is 0 Å². The average molecular weight is 397 g/mol. The smallest absolute Gasteiger partial charge is 0.272 e. The van der Waals surface area contributed by atoms with Crippen LogP contribution < -0.4 is 0 Å². The second-order valence-electron chi connectivity index (χ2n) is 8.42. The highest BCUT2D eigenvalue weighted by molar-refractivity contribution is 5.92. The minimum atomic E-state index is 0.0486. The van der Waals surface area contributed by atoms with Gasteiger partial charge in [0.25, 0.3) is 5.91 Å². The molecule has 2 aliphatic rings. The Labute approximate surface area is 173 Å². The van der Waals surface area contributed by atoms with E-state index in [1.165, 1.54) is 30.5 Å². The van der Waals surface area contributed by atoms with Crippen LogP contribution in [-0.2, 0) is 24.6 Å². The van der Waals surface area contributed by atoms with Crippen molar-refractivity contribution < 1.29 is 9.53 Å². The zero-order chi connectivity index (χ0) is 20.2. The molecule has 0 saturated carbocycles. The van der Waals surface area contributed by atoms with E-state index < -0.39 is 0 Å². The number of carbonyl (C=O) groups excluding carboxylic acids is 1. The molecule has 1 aliphatic carbocycles. The van der Waals surface area contributed by atoms with Gasteiger partial charge in [-0.25, -0.2) is 0 Å². The van der Waals surface area contributed by atoms with Gasteiger partial charge in [0.05, 0.1) is 6.61 Å². The van der Waals surface area contributed by atoms with Crippen molar-refractivity contribution in [3.63, 3.8) is 0 Å². The van der Waals surface area contributed by atoms with Crippen LogP contribution in [0.15, 0.2) is 36.5 Å². The summed E-state index contributed by atoms with van der Waals surface area (Å²) in [5.41, 5.74) is 3.65. The number of hydrogen-bond acceptors (Lipinski definition) is 4. The Kier molecular flexibility index (Phi) is 6.31. The van der Waals surface area contributed by atoms with Crippen LogP contribution in [0.1, 0.15) is 34.5 Å². The monoisotopic (exact) mass is 396 g/mol. The maximum absolute atomic E-state index is 13.1. The highest BCUT2D eigenvalue weighted by atomic mass is 16.5. The number of methoxy groups -OCH3 is 1. The number of likely N-dealkylation sites (tertiary alicyclic amines) is 1. The number of aryl methyl sites for hydroxylation is 1. The second-order valence-corrected chi connectivity index (χ2v) is 8.42. The van der Waals surface area contributed by atoms with E-state index in [-0.39, 0.29) is 5.91 Å². The molecule has 1 amide bonds. The molecule has 0 unspecified atom stereocenters. The Hall–Kier alpha value is -2.18. The van der Waals surface area contributed by atoms with Crippen molar-refractivity contribution in [2.45, 2.75) is 31.7 Å². The molecule has 2 aromatic rings. The molecule has 156 valence electrons. The zero-order valence-electron chi connectivity index (χ0n) is 17.6. The van der Waals surface area contributed by atoms with Gasteiger partial charge in [-0.1, -0.05) is 24.3 Å². The molecule has 2 heterocycles. The average Bonchev–Trinajstić information content (AvgIpc) is 3.37. The van der Waals surface area contributed by atoms with E-state index in [1.807, 2.05) is 11.9 Å². The molecule has 1 aliphatic heterocycles. The number of piperidine rings is 1. The fourth-order valence-electron chi connectivity index (χ4n) is 4.91. The Morgan fingerprint density at radius 2 is 2.00 bits per heavy atom. The number of hydrogen-bond donors (Lipinski definition) is 0. The largest absolute Gasteiger partial charge is 0.383 e. The Balaban J connectivity index is 1.40. The predicted octanol–water partition coefficient (Wildman–Crippen LogP) is 2.39. The fourth-order valence-corrected chi connectivity index (χ4v) is 4.91. The normalized spacial score (nSPS) is 20.0. The van der Waals surface area contributed by atoms with Crippen LogP contribution in [-0.4, -0.2) is 71.4 Å². The molecule has 0 N–H and O–H groups in total. The fraction of sp³-hybridized carbons (Fsp3) is 0.565. The Bertz CT molecular complexity index is 809. The number of benzene rings is 1. The molecule has 1 saturated heterocycles. The van der Waals surface area contributed by atoms with Gasteiger partial charge in [0.2, 0.25) is 0 Å². The number of ether oxygens (including phenoxy) is 1. The summed E-state index contributed by atoms with van der Waals surface area (Å²) in [5, 5.41) is 4.16. The third-order valence-corrected chi connectivity index (χ3v) is 6.47. The van der Waals surface area contributed by atoms with Crippen LogP contribution in [0, 0.1) is 5.92 Å². The molecule has 0 bridgehead atoms. The first-order valence-corrected chi connectivity index (χ1v) is 10.7. The maximum Gasteiger partial charge on any atom is 0.272 e. The van der Waals surface area contributed by atoms with E-state index in [9.17, 15) is 4.79 Å². The maximum atomic E-state index is 13.1. The molecule has 0 spiro atoms. The third kappa shape index (κ3) is 4.54. The van der Waals surface area contributed by atoms with Crippen LogP contribution in [0.4, 0.5) is 0 Å². The van der Waals surface area contributed by atoms with Crippen molar-refractivity contribution in [1.29, 1.82) is 0 Å². The van der Waals surface area contributed by atoms with Gasteiger partial charge in [-0.05, 0) is 55.3 Å². The summed E-state index contributed by atoms with van der Waals surface area (Å²) >= 11 is 0. The number of amides is 1. The molecule has 1 fully saturated rings. The van der Waals surface area contributed by atoms with Gasteiger partial charge in [0, 0.05) is 46.0 Å². The van der Waals surface area contributed by atoms with Crippen molar-refractivity contribution >= 4 is 5.91 Å². The first-order valence-electron chi connectivity index (χ1n) is 10.7. The van der Waals surface area contributed by atoms with Crippen LogP contribution in [0.2, 0.25) is 0 Å². The summed E-state index contributed by atoms with van der Waals surface area (Å²) < 4.78 is 6.93. The molecular formula is C23H32N4O2. The number of nitrogens with zero attached hydrogens (tertiary/aromatic N) is 4. The van der Waals surface area contributed by atoms with Gasteiger partial charge in [0.15, 0.2) is 0 Å². The molecule has 1 aromatic heterocycles. The number of rotatable bonds is 7. The van der Waals surface area contributed by atoms with Crippen LogP contribution in [0.5, 0.6) is 0 Å². The van der Waals surface area contributed by atoms with Crippen LogP contribution >= 0.6 is 0 Å². The van der Waals surface area contributed by atoms with Gasteiger partial charge in [0.1, 0.15) is 5.69 Å². The lowest BCUT2D eigenvalue weighted by molar-refractivity contribution is 0.0564. The van der Waals surface area contributed by atoms with Crippen molar-refractivity contribution in [2.75, 3.05) is 39.9 Å². The van der Waals surface area contributed by atoms with Crippen LogP contribution in [0.3, 0.4) is 0 Å². The lowest BCUT2D eigenvalue weighted by atomic mass is 9.95. The minimum absolute atomic E-state index is 0.0486.